The van der Waals surface area contributed by atoms with Crippen molar-refractivity contribution in [1.82, 2.24) is 0 Å². The highest BCUT2D eigenvalue weighted by atomic mass is 16.6. The first-order valence-corrected chi connectivity index (χ1v) is 8.17. The molecule has 0 aromatic heterocycles. The van der Waals surface area contributed by atoms with E-state index in [0.717, 1.165) is 36.4 Å². The van der Waals surface area contributed by atoms with Crippen molar-refractivity contribution in [2.45, 2.75) is 11.2 Å². The van der Waals surface area contributed by atoms with E-state index in [-0.39, 0.29) is 11.1 Å². The first-order valence-electron chi connectivity index (χ1n) is 8.17. The van der Waals surface area contributed by atoms with E-state index in [1.54, 1.807) is 0 Å². The molecule has 2 aromatic carbocycles. The Kier molecular flexibility index (Phi) is 4.68. The van der Waals surface area contributed by atoms with Gasteiger partial charge in [0.25, 0.3) is 11.4 Å². The van der Waals surface area contributed by atoms with Crippen LogP contribution in [0.15, 0.2) is 36.4 Å². The third-order valence-electron chi connectivity index (χ3n) is 5.01. The number of hydrogen-bond donors (Lipinski definition) is 2. The summed E-state index contributed by atoms with van der Waals surface area (Å²) < 4.78 is 0. The maximum Gasteiger partial charge on any atom is 0.269 e. The molecule has 0 bridgehead atoms. The second-order valence-corrected chi connectivity index (χ2v) is 6.68. The number of nitro groups is 4. The lowest BCUT2D eigenvalue weighted by molar-refractivity contribution is -0.540. The summed E-state index contributed by atoms with van der Waals surface area (Å²) in [4.78, 5) is 41.1. The largest absolute Gasteiger partial charge is 0.375 e. The van der Waals surface area contributed by atoms with Gasteiger partial charge in [-0.2, -0.15) is 0 Å². The average Bonchev–Trinajstić information content (AvgIpc) is 2.64. The molecule has 2 aromatic rings. The Hall–Kier alpha value is -4.04. The van der Waals surface area contributed by atoms with E-state index < -0.39 is 66.5 Å². The lowest BCUT2D eigenvalue weighted by atomic mass is 9.65. The molecule has 0 heterocycles. The fraction of sp³-hybridized carbons (Fsp3) is 0.250. The maximum absolute atomic E-state index is 11.3. The highest BCUT2D eigenvalue weighted by molar-refractivity contribution is 5.79. The van der Waals surface area contributed by atoms with Crippen LogP contribution in [0, 0.1) is 40.5 Å². The van der Waals surface area contributed by atoms with E-state index in [2.05, 4.69) is 0 Å². The third kappa shape index (κ3) is 2.99. The van der Waals surface area contributed by atoms with Crippen LogP contribution in [0.4, 0.5) is 11.4 Å². The minimum Gasteiger partial charge on any atom is -0.375 e. The summed E-state index contributed by atoms with van der Waals surface area (Å²) in [5, 5.41) is 67.4. The van der Waals surface area contributed by atoms with E-state index in [4.69, 9.17) is 0 Å². The number of nitrogens with zero attached hydrogens (tertiary/aromatic N) is 4. The molecule has 14 nitrogen and oxygen atoms in total. The Labute approximate surface area is 165 Å². The molecule has 0 radical (unpaired) electrons. The van der Waals surface area contributed by atoms with Crippen molar-refractivity contribution in [2.24, 2.45) is 0 Å². The molecule has 0 spiro atoms. The maximum atomic E-state index is 11.3. The highest BCUT2D eigenvalue weighted by Gasteiger charge is 2.63. The molecular weight excluding hydrogens is 408 g/mol. The molecule has 156 valence electrons. The lowest BCUT2D eigenvalue weighted by Crippen LogP contribution is -2.59. The zero-order chi connectivity index (χ0) is 22.4. The number of benzene rings is 2. The first kappa shape index (κ1) is 20.7. The smallest absolute Gasteiger partial charge is 0.269 e. The standard InChI is InChI=1S/C16H12N4O10/c21-15(7-17(23)24)13-5-9(19(27)28)1-3-11(13)12-4-2-10(20(29)30)6-14(12)16(15,22)8-18(25)26/h1-6,21-22H,7-8H2. The Bertz CT molecular complexity index is 1030. The molecule has 0 saturated heterocycles. The summed E-state index contributed by atoms with van der Waals surface area (Å²) in [6.45, 7) is -2.90. The third-order valence-corrected chi connectivity index (χ3v) is 5.01. The molecule has 0 amide bonds. The molecule has 3 rings (SSSR count). The number of rotatable bonds is 6. The summed E-state index contributed by atoms with van der Waals surface area (Å²) in [5.74, 6) is 0. The van der Waals surface area contributed by atoms with Crippen LogP contribution in [0.2, 0.25) is 0 Å². The van der Waals surface area contributed by atoms with Gasteiger partial charge in [0, 0.05) is 45.2 Å². The Balaban J connectivity index is 2.47. The number of fused-ring (bicyclic) bond motifs is 3. The quantitative estimate of drug-likeness (QED) is 0.501. The summed E-state index contributed by atoms with van der Waals surface area (Å²) >= 11 is 0. The van der Waals surface area contributed by atoms with Crippen LogP contribution >= 0.6 is 0 Å². The summed E-state index contributed by atoms with van der Waals surface area (Å²) in [5.41, 5.74) is -8.09. The normalized spacial score (nSPS) is 21.9. The van der Waals surface area contributed by atoms with Crippen LogP contribution in [0.25, 0.3) is 11.1 Å². The second kappa shape index (κ2) is 6.78. The van der Waals surface area contributed by atoms with E-state index in [0.29, 0.717) is 0 Å². The minimum atomic E-state index is -2.99. The van der Waals surface area contributed by atoms with Gasteiger partial charge >= 0.3 is 0 Å². The number of hydrogen-bond acceptors (Lipinski definition) is 10. The Morgan fingerprint density at radius 3 is 1.27 bits per heavy atom. The molecule has 2 N–H and O–H groups in total. The average molecular weight is 420 g/mol. The zero-order valence-corrected chi connectivity index (χ0v) is 14.8. The fourth-order valence-corrected chi connectivity index (χ4v) is 3.70. The van der Waals surface area contributed by atoms with Crippen LogP contribution in [-0.4, -0.2) is 43.0 Å². The molecular formula is C16H12N4O10. The predicted molar refractivity (Wildman–Crippen MR) is 96.7 cm³/mol. The van der Waals surface area contributed by atoms with Crippen molar-refractivity contribution in [1.29, 1.82) is 0 Å². The molecule has 30 heavy (non-hydrogen) atoms. The van der Waals surface area contributed by atoms with E-state index in [1.165, 1.54) is 0 Å². The van der Waals surface area contributed by atoms with Crippen molar-refractivity contribution in [3.05, 3.63) is 88.0 Å². The van der Waals surface area contributed by atoms with E-state index >= 15 is 0 Å². The lowest BCUT2D eigenvalue weighted by Gasteiger charge is -2.43. The SMILES string of the molecule is O=[N+]([O-])CC1(O)c2cc([N+](=O)[O-])ccc2-c2ccc([N+](=O)[O-])cc2C1(O)C[N+](=O)[O-]. The minimum absolute atomic E-state index is 0.00266. The van der Waals surface area contributed by atoms with Gasteiger partial charge in [-0.25, -0.2) is 0 Å². The van der Waals surface area contributed by atoms with Crippen LogP contribution in [0.1, 0.15) is 11.1 Å². The van der Waals surface area contributed by atoms with Crippen molar-refractivity contribution >= 4 is 11.4 Å². The molecule has 0 fully saturated rings. The van der Waals surface area contributed by atoms with Crippen molar-refractivity contribution in [2.75, 3.05) is 13.1 Å². The number of non-ortho nitro benzene ring substituents is 2. The van der Waals surface area contributed by atoms with Gasteiger partial charge < -0.3 is 10.2 Å². The van der Waals surface area contributed by atoms with Crippen molar-refractivity contribution < 1.29 is 29.9 Å². The topological polar surface area (TPSA) is 213 Å². The van der Waals surface area contributed by atoms with Crippen LogP contribution in [0.3, 0.4) is 0 Å². The van der Waals surface area contributed by atoms with Crippen LogP contribution in [0.5, 0.6) is 0 Å². The molecule has 0 aliphatic heterocycles. The monoisotopic (exact) mass is 420 g/mol. The zero-order valence-electron chi connectivity index (χ0n) is 14.8. The van der Waals surface area contributed by atoms with Gasteiger partial charge in [-0.1, -0.05) is 0 Å². The highest BCUT2D eigenvalue weighted by Crippen LogP contribution is 2.53. The predicted octanol–water partition coefficient (Wildman–Crippen LogP) is 1.11. The summed E-state index contributed by atoms with van der Waals surface area (Å²) in [7, 11) is 0. The Morgan fingerprint density at radius 1 is 0.667 bits per heavy atom. The summed E-state index contributed by atoms with van der Waals surface area (Å²) in [6.07, 6.45) is 0. The number of aliphatic hydroxyl groups is 2. The van der Waals surface area contributed by atoms with Gasteiger partial charge in [-0.05, 0) is 23.3 Å². The van der Waals surface area contributed by atoms with Gasteiger partial charge in [-0.3, -0.25) is 40.5 Å². The van der Waals surface area contributed by atoms with Gasteiger partial charge in [0.15, 0.2) is 11.2 Å². The van der Waals surface area contributed by atoms with Crippen molar-refractivity contribution in [3.63, 3.8) is 0 Å². The Morgan fingerprint density at radius 2 is 1.00 bits per heavy atom. The van der Waals surface area contributed by atoms with Gasteiger partial charge in [0.2, 0.25) is 13.1 Å². The van der Waals surface area contributed by atoms with E-state index in [9.17, 15) is 50.7 Å². The second-order valence-electron chi connectivity index (χ2n) is 6.68. The van der Waals surface area contributed by atoms with Gasteiger partial charge in [0.1, 0.15) is 0 Å². The number of nitro benzene ring substituents is 2. The van der Waals surface area contributed by atoms with Crippen LogP contribution in [-0.2, 0) is 11.2 Å². The molecule has 2 atom stereocenters. The van der Waals surface area contributed by atoms with Crippen LogP contribution < -0.4 is 0 Å². The fourth-order valence-electron chi connectivity index (χ4n) is 3.70. The molecule has 1 aliphatic rings. The molecule has 0 saturated carbocycles. The van der Waals surface area contributed by atoms with Gasteiger partial charge in [0.05, 0.1) is 9.85 Å². The van der Waals surface area contributed by atoms with E-state index in [1.807, 2.05) is 0 Å². The molecule has 14 heteroatoms. The summed E-state index contributed by atoms with van der Waals surface area (Å²) in [6, 6.07) is 5.94. The van der Waals surface area contributed by atoms with Crippen molar-refractivity contribution in [3.8, 4) is 11.1 Å². The first-order chi connectivity index (χ1) is 13.9. The molecule has 1 aliphatic carbocycles. The molecule has 2 unspecified atom stereocenters. The van der Waals surface area contributed by atoms with Gasteiger partial charge in [-0.15, -0.1) is 0 Å².